The van der Waals surface area contributed by atoms with Crippen molar-refractivity contribution >= 4 is 5.97 Å². The van der Waals surface area contributed by atoms with E-state index in [1.165, 1.54) is 0 Å². The third-order valence-electron chi connectivity index (χ3n) is 3.85. The highest BCUT2D eigenvalue weighted by Gasteiger charge is 2.25. The van der Waals surface area contributed by atoms with Crippen molar-refractivity contribution in [2.75, 3.05) is 7.11 Å². The molecular weight excluding hydrogens is 268 g/mol. The van der Waals surface area contributed by atoms with Crippen LogP contribution in [-0.4, -0.2) is 28.2 Å². The van der Waals surface area contributed by atoms with Gasteiger partial charge in [0.1, 0.15) is 5.75 Å². The molecule has 3 rings (SSSR count). The van der Waals surface area contributed by atoms with E-state index in [2.05, 4.69) is 9.97 Å². The smallest absolute Gasteiger partial charge is 0.306 e. The second-order valence-electron chi connectivity index (χ2n) is 5.17. The van der Waals surface area contributed by atoms with E-state index in [4.69, 9.17) is 9.84 Å². The minimum Gasteiger partial charge on any atom is -0.497 e. The molecule has 1 unspecified atom stereocenters. The van der Waals surface area contributed by atoms with Gasteiger partial charge in [0, 0.05) is 17.5 Å². The summed E-state index contributed by atoms with van der Waals surface area (Å²) < 4.78 is 5.13. The summed E-state index contributed by atoms with van der Waals surface area (Å²) in [4.78, 5) is 20.0. The lowest BCUT2D eigenvalue weighted by molar-refractivity contribution is -0.142. The van der Waals surface area contributed by atoms with Crippen molar-refractivity contribution in [1.29, 1.82) is 0 Å². The number of hydrogen-bond acceptors (Lipinski definition) is 4. The number of hydrogen-bond donors (Lipinski definition) is 1. The maximum absolute atomic E-state index is 11.1. The fourth-order valence-corrected chi connectivity index (χ4v) is 2.60. The number of nitrogens with zero attached hydrogens (tertiary/aromatic N) is 2. The summed E-state index contributed by atoms with van der Waals surface area (Å²) in [6.07, 6.45) is 3.62. The number of aryl methyl sites for hydroxylation is 1. The number of carboxylic acid groups (broad SMARTS) is 1. The van der Waals surface area contributed by atoms with E-state index in [1.807, 2.05) is 24.3 Å². The third kappa shape index (κ3) is 2.72. The van der Waals surface area contributed by atoms with Gasteiger partial charge in [0.2, 0.25) is 0 Å². The van der Waals surface area contributed by atoms with E-state index in [0.717, 1.165) is 22.6 Å². The van der Waals surface area contributed by atoms with Crippen LogP contribution in [0.5, 0.6) is 5.75 Å². The van der Waals surface area contributed by atoms with Crippen LogP contribution in [-0.2, 0) is 17.6 Å². The molecule has 0 fully saturated rings. The first kappa shape index (κ1) is 13.5. The summed E-state index contributed by atoms with van der Waals surface area (Å²) in [6.45, 7) is 0. The van der Waals surface area contributed by atoms with Gasteiger partial charge in [-0.05, 0) is 49.1 Å². The Morgan fingerprint density at radius 2 is 2.10 bits per heavy atom. The first-order chi connectivity index (χ1) is 10.2. The molecule has 0 saturated carbocycles. The summed E-state index contributed by atoms with van der Waals surface area (Å²) in [6, 6.07) is 7.59. The van der Waals surface area contributed by atoms with E-state index in [9.17, 15) is 4.79 Å². The Morgan fingerprint density at radius 3 is 2.76 bits per heavy atom. The molecule has 1 aromatic heterocycles. The molecule has 5 heteroatoms. The molecule has 108 valence electrons. The van der Waals surface area contributed by atoms with Crippen LogP contribution in [0, 0.1) is 5.92 Å². The Balaban J connectivity index is 1.88. The van der Waals surface area contributed by atoms with Crippen molar-refractivity contribution in [3.63, 3.8) is 0 Å². The molecule has 21 heavy (non-hydrogen) atoms. The van der Waals surface area contributed by atoms with Gasteiger partial charge in [-0.1, -0.05) is 0 Å². The lowest BCUT2D eigenvalue weighted by Crippen LogP contribution is -2.23. The second-order valence-corrected chi connectivity index (χ2v) is 5.17. The van der Waals surface area contributed by atoms with Crippen molar-refractivity contribution in [2.45, 2.75) is 19.3 Å². The first-order valence-electron chi connectivity index (χ1n) is 6.89. The predicted molar refractivity (Wildman–Crippen MR) is 77.2 cm³/mol. The molecule has 1 aliphatic rings. The SMILES string of the molecule is COc1ccc(-c2ncc3c(n2)CCC(C(=O)O)C3)cc1. The molecule has 0 saturated heterocycles. The summed E-state index contributed by atoms with van der Waals surface area (Å²) in [7, 11) is 1.63. The Kier molecular flexibility index (Phi) is 3.56. The van der Waals surface area contributed by atoms with Gasteiger partial charge < -0.3 is 9.84 Å². The van der Waals surface area contributed by atoms with Crippen molar-refractivity contribution in [1.82, 2.24) is 9.97 Å². The van der Waals surface area contributed by atoms with Crippen LogP contribution < -0.4 is 4.74 Å². The predicted octanol–water partition coefficient (Wildman–Crippen LogP) is 2.34. The summed E-state index contributed by atoms with van der Waals surface area (Å²) in [5.74, 6) is 0.416. The zero-order valence-corrected chi connectivity index (χ0v) is 11.7. The number of carboxylic acids is 1. The fourth-order valence-electron chi connectivity index (χ4n) is 2.60. The average Bonchev–Trinajstić information content (AvgIpc) is 2.54. The highest BCUT2D eigenvalue weighted by Crippen LogP contribution is 2.26. The molecule has 1 aliphatic carbocycles. The Morgan fingerprint density at radius 1 is 1.33 bits per heavy atom. The zero-order chi connectivity index (χ0) is 14.8. The van der Waals surface area contributed by atoms with Gasteiger partial charge in [-0.3, -0.25) is 4.79 Å². The molecule has 0 aliphatic heterocycles. The minimum absolute atomic E-state index is 0.312. The number of carbonyl (C=O) groups is 1. The maximum atomic E-state index is 11.1. The number of benzene rings is 1. The van der Waals surface area contributed by atoms with E-state index < -0.39 is 5.97 Å². The first-order valence-corrected chi connectivity index (χ1v) is 6.89. The number of fused-ring (bicyclic) bond motifs is 1. The second kappa shape index (κ2) is 5.52. The average molecular weight is 284 g/mol. The van der Waals surface area contributed by atoms with Crippen LogP contribution >= 0.6 is 0 Å². The lowest BCUT2D eigenvalue weighted by Gasteiger charge is -2.20. The Hall–Kier alpha value is -2.43. The van der Waals surface area contributed by atoms with Crippen LogP contribution in [0.2, 0.25) is 0 Å². The quantitative estimate of drug-likeness (QED) is 0.936. The normalized spacial score (nSPS) is 17.1. The van der Waals surface area contributed by atoms with Gasteiger partial charge in [-0.15, -0.1) is 0 Å². The molecule has 1 N–H and O–H groups in total. The Labute approximate surface area is 122 Å². The summed E-state index contributed by atoms with van der Waals surface area (Å²) in [5, 5.41) is 9.09. The molecule has 5 nitrogen and oxygen atoms in total. The number of aromatic nitrogens is 2. The Bertz CT molecular complexity index is 668. The summed E-state index contributed by atoms with van der Waals surface area (Å²) in [5.41, 5.74) is 2.85. The monoisotopic (exact) mass is 284 g/mol. The van der Waals surface area contributed by atoms with Crippen LogP contribution in [0.25, 0.3) is 11.4 Å². The van der Waals surface area contributed by atoms with Crippen molar-refractivity contribution < 1.29 is 14.6 Å². The highest BCUT2D eigenvalue weighted by atomic mass is 16.5. The number of methoxy groups -OCH3 is 1. The van der Waals surface area contributed by atoms with E-state index in [0.29, 0.717) is 25.1 Å². The van der Waals surface area contributed by atoms with E-state index >= 15 is 0 Å². The van der Waals surface area contributed by atoms with Gasteiger partial charge in [0.05, 0.1) is 13.0 Å². The molecule has 1 aromatic carbocycles. The number of rotatable bonds is 3. The van der Waals surface area contributed by atoms with Gasteiger partial charge in [0.25, 0.3) is 0 Å². The van der Waals surface area contributed by atoms with Crippen molar-refractivity contribution in [3.8, 4) is 17.1 Å². The topological polar surface area (TPSA) is 72.3 Å². The van der Waals surface area contributed by atoms with E-state index in [1.54, 1.807) is 13.3 Å². The minimum atomic E-state index is -0.736. The molecule has 1 heterocycles. The van der Waals surface area contributed by atoms with Crippen molar-refractivity contribution in [2.24, 2.45) is 5.92 Å². The maximum Gasteiger partial charge on any atom is 0.306 e. The highest BCUT2D eigenvalue weighted by molar-refractivity contribution is 5.71. The van der Waals surface area contributed by atoms with Gasteiger partial charge in [-0.25, -0.2) is 9.97 Å². The largest absolute Gasteiger partial charge is 0.497 e. The van der Waals surface area contributed by atoms with Crippen LogP contribution in [0.1, 0.15) is 17.7 Å². The number of ether oxygens (including phenoxy) is 1. The van der Waals surface area contributed by atoms with Crippen LogP contribution in [0.4, 0.5) is 0 Å². The molecular formula is C16H16N2O3. The zero-order valence-electron chi connectivity index (χ0n) is 11.7. The van der Waals surface area contributed by atoms with Gasteiger partial charge >= 0.3 is 5.97 Å². The van der Waals surface area contributed by atoms with Crippen LogP contribution in [0.3, 0.4) is 0 Å². The number of aliphatic carboxylic acids is 1. The van der Waals surface area contributed by atoms with E-state index in [-0.39, 0.29) is 5.92 Å². The lowest BCUT2D eigenvalue weighted by atomic mass is 9.87. The molecule has 1 atom stereocenters. The van der Waals surface area contributed by atoms with Crippen LogP contribution in [0.15, 0.2) is 30.5 Å². The standard InChI is InChI=1S/C16H16N2O3/c1-21-13-5-2-10(3-6-13)15-17-9-12-8-11(16(19)20)4-7-14(12)18-15/h2-3,5-6,9,11H,4,7-8H2,1H3,(H,19,20). The molecule has 0 bridgehead atoms. The van der Waals surface area contributed by atoms with Gasteiger partial charge in [-0.2, -0.15) is 0 Å². The third-order valence-corrected chi connectivity index (χ3v) is 3.85. The molecule has 0 amide bonds. The van der Waals surface area contributed by atoms with Crippen molar-refractivity contribution in [3.05, 3.63) is 41.7 Å². The van der Waals surface area contributed by atoms with Gasteiger partial charge in [0.15, 0.2) is 5.82 Å². The summed E-state index contributed by atoms with van der Waals surface area (Å²) >= 11 is 0. The molecule has 0 radical (unpaired) electrons. The molecule has 2 aromatic rings. The molecule has 0 spiro atoms. The fraction of sp³-hybridized carbons (Fsp3) is 0.312.